The molecular formula is C25H29N5O3S. The first-order valence-corrected chi connectivity index (χ1v) is 12.8. The smallest absolute Gasteiger partial charge is 0.241 e. The van der Waals surface area contributed by atoms with Crippen molar-refractivity contribution in [1.82, 2.24) is 14.6 Å². The van der Waals surface area contributed by atoms with E-state index in [4.69, 9.17) is 11.1 Å². The number of rotatable bonds is 8. The van der Waals surface area contributed by atoms with Gasteiger partial charge in [-0.15, -0.1) is 0 Å². The molecule has 8 nitrogen and oxygen atoms in total. The topological polar surface area (TPSA) is 129 Å². The van der Waals surface area contributed by atoms with Gasteiger partial charge in [-0.25, -0.2) is 8.42 Å². The summed E-state index contributed by atoms with van der Waals surface area (Å²) in [6, 6.07) is 14.8. The predicted molar refractivity (Wildman–Crippen MR) is 132 cm³/mol. The van der Waals surface area contributed by atoms with Crippen LogP contribution in [0, 0.1) is 5.41 Å². The highest BCUT2D eigenvalue weighted by Gasteiger charge is 2.32. The van der Waals surface area contributed by atoms with Gasteiger partial charge in [-0.05, 0) is 47.9 Å². The van der Waals surface area contributed by atoms with Gasteiger partial charge in [0.05, 0.1) is 4.90 Å². The Kier molecular flexibility index (Phi) is 6.95. The summed E-state index contributed by atoms with van der Waals surface area (Å²) in [5.74, 6) is -0.390. The summed E-state index contributed by atoms with van der Waals surface area (Å²) in [6.45, 7) is 0. The highest BCUT2D eigenvalue weighted by molar-refractivity contribution is 7.89. The van der Waals surface area contributed by atoms with Gasteiger partial charge in [0.1, 0.15) is 11.9 Å². The fraction of sp³-hybridized carbons (Fsp3) is 0.320. The lowest BCUT2D eigenvalue weighted by atomic mass is 10.1. The van der Waals surface area contributed by atoms with Crippen molar-refractivity contribution >= 4 is 32.5 Å². The van der Waals surface area contributed by atoms with Gasteiger partial charge in [-0.3, -0.25) is 15.2 Å². The van der Waals surface area contributed by atoms with Crippen molar-refractivity contribution in [3.63, 3.8) is 0 Å². The van der Waals surface area contributed by atoms with Crippen molar-refractivity contribution in [2.45, 2.75) is 49.1 Å². The Hall–Kier alpha value is -3.30. The van der Waals surface area contributed by atoms with Crippen molar-refractivity contribution in [3.05, 3.63) is 72.1 Å². The fourth-order valence-electron chi connectivity index (χ4n) is 4.40. The molecule has 1 aromatic heterocycles. The average Bonchev–Trinajstić information content (AvgIpc) is 3.37. The van der Waals surface area contributed by atoms with Gasteiger partial charge >= 0.3 is 0 Å². The molecule has 0 aliphatic heterocycles. The van der Waals surface area contributed by atoms with Gasteiger partial charge in [0.2, 0.25) is 15.9 Å². The van der Waals surface area contributed by atoms with Gasteiger partial charge in [-0.1, -0.05) is 43.2 Å². The van der Waals surface area contributed by atoms with Gasteiger partial charge in [0.15, 0.2) is 0 Å². The molecule has 0 radical (unpaired) electrons. The van der Waals surface area contributed by atoms with Crippen molar-refractivity contribution in [2.24, 2.45) is 5.73 Å². The van der Waals surface area contributed by atoms with Gasteiger partial charge < -0.3 is 10.6 Å². The molecular weight excluding hydrogens is 450 g/mol. The maximum atomic E-state index is 13.4. The van der Waals surface area contributed by atoms with Crippen LogP contribution in [-0.2, 0) is 21.2 Å². The second-order valence-electron chi connectivity index (χ2n) is 8.73. The highest BCUT2D eigenvalue weighted by Crippen LogP contribution is 2.24. The Balaban J connectivity index is 1.62. The molecule has 2 aromatic carbocycles. The summed E-state index contributed by atoms with van der Waals surface area (Å²) in [5.41, 5.74) is 6.50. The van der Waals surface area contributed by atoms with Crippen LogP contribution in [0.25, 0.3) is 10.8 Å². The van der Waals surface area contributed by atoms with E-state index in [9.17, 15) is 13.2 Å². The number of carbonyl (C=O) groups is 1. The summed E-state index contributed by atoms with van der Waals surface area (Å²) in [7, 11) is -2.24. The molecule has 4 N–H and O–H groups in total. The average molecular weight is 480 g/mol. The normalized spacial score (nSPS) is 15.3. The fourth-order valence-corrected chi connectivity index (χ4v) is 5.62. The molecule has 0 bridgehead atoms. The van der Waals surface area contributed by atoms with Crippen molar-refractivity contribution < 1.29 is 13.2 Å². The predicted octanol–water partition coefficient (Wildman–Crippen LogP) is 2.81. The molecule has 34 heavy (non-hydrogen) atoms. The molecule has 1 aliphatic rings. The number of aromatic nitrogens is 1. The number of hydrogen-bond acceptors (Lipinski definition) is 5. The zero-order valence-electron chi connectivity index (χ0n) is 19.1. The second-order valence-corrected chi connectivity index (χ2v) is 10.4. The summed E-state index contributed by atoms with van der Waals surface area (Å²) in [4.78, 5) is 19.5. The number of hydrogen-bond donors (Lipinski definition) is 3. The number of amidine groups is 1. The maximum absolute atomic E-state index is 13.4. The summed E-state index contributed by atoms with van der Waals surface area (Å²) in [6.07, 6.45) is 5.49. The minimum atomic E-state index is -3.97. The molecule has 1 heterocycles. The van der Waals surface area contributed by atoms with Crippen LogP contribution in [-0.4, -0.2) is 49.2 Å². The molecule has 0 spiro atoms. The number of carbonyl (C=O) groups excluding carboxylic acids is 1. The van der Waals surface area contributed by atoms with Crippen LogP contribution in [0.1, 0.15) is 36.9 Å². The van der Waals surface area contributed by atoms with Crippen LogP contribution >= 0.6 is 0 Å². The Morgan fingerprint density at radius 3 is 2.50 bits per heavy atom. The van der Waals surface area contributed by atoms with Gasteiger partial charge in [0, 0.05) is 37.0 Å². The Morgan fingerprint density at radius 2 is 1.85 bits per heavy atom. The standard InChI is InChI=1S/C25H29N5O3S/c1-30(21-8-4-5-9-21)25(31)23(15-20-12-10-19(16-28-20)24(26)27)29-34(32,33)22-13-11-17-6-2-3-7-18(17)14-22/h2-3,6-7,10-14,16,21,23,29H,4-5,8-9,15H2,1H3,(H3,26,27). The lowest BCUT2D eigenvalue weighted by Crippen LogP contribution is -2.50. The zero-order valence-corrected chi connectivity index (χ0v) is 19.9. The van der Waals surface area contributed by atoms with Crippen LogP contribution in [0.2, 0.25) is 0 Å². The number of nitrogens with zero attached hydrogens (tertiary/aromatic N) is 2. The van der Waals surface area contributed by atoms with E-state index in [0.29, 0.717) is 11.3 Å². The SMILES string of the molecule is CN(C(=O)C(Cc1ccc(C(=N)N)cn1)NS(=O)(=O)c1ccc2ccccc2c1)C1CCCC1. The Labute approximate surface area is 199 Å². The molecule has 1 amide bonds. The van der Waals surface area contributed by atoms with E-state index >= 15 is 0 Å². The summed E-state index contributed by atoms with van der Waals surface area (Å²) in [5, 5.41) is 9.26. The third-order valence-corrected chi connectivity index (χ3v) is 7.87. The first-order chi connectivity index (χ1) is 16.2. The van der Waals surface area contributed by atoms with Crippen LogP contribution in [0.3, 0.4) is 0 Å². The zero-order chi connectivity index (χ0) is 24.3. The van der Waals surface area contributed by atoms with E-state index in [1.54, 1.807) is 42.3 Å². The number of amides is 1. The van der Waals surface area contributed by atoms with E-state index in [1.807, 2.05) is 24.3 Å². The van der Waals surface area contributed by atoms with E-state index in [2.05, 4.69) is 9.71 Å². The van der Waals surface area contributed by atoms with E-state index in [0.717, 1.165) is 36.5 Å². The molecule has 178 valence electrons. The first-order valence-electron chi connectivity index (χ1n) is 11.3. The second kappa shape index (κ2) is 9.90. The molecule has 1 saturated carbocycles. The van der Waals surface area contributed by atoms with Crippen LogP contribution in [0.4, 0.5) is 0 Å². The van der Waals surface area contributed by atoms with E-state index < -0.39 is 16.1 Å². The minimum absolute atomic E-state index is 0.0842. The van der Waals surface area contributed by atoms with Gasteiger partial charge in [-0.2, -0.15) is 4.72 Å². The molecule has 9 heteroatoms. The third kappa shape index (κ3) is 5.26. The third-order valence-electron chi connectivity index (χ3n) is 6.40. The van der Waals surface area contributed by atoms with Crippen LogP contribution in [0.5, 0.6) is 0 Å². The number of nitrogen functional groups attached to an aromatic ring is 1. The number of pyridine rings is 1. The maximum Gasteiger partial charge on any atom is 0.241 e. The molecule has 4 rings (SSSR count). The minimum Gasteiger partial charge on any atom is -0.384 e. The molecule has 1 aliphatic carbocycles. The molecule has 3 aromatic rings. The molecule has 0 saturated heterocycles. The number of benzene rings is 2. The summed E-state index contributed by atoms with van der Waals surface area (Å²) >= 11 is 0. The number of fused-ring (bicyclic) bond motifs is 1. The lowest BCUT2D eigenvalue weighted by molar-refractivity contribution is -0.133. The van der Waals surface area contributed by atoms with Crippen LogP contribution in [0.15, 0.2) is 65.7 Å². The van der Waals surface area contributed by atoms with E-state index in [1.165, 1.54) is 6.20 Å². The van der Waals surface area contributed by atoms with Crippen LogP contribution < -0.4 is 10.5 Å². The number of sulfonamides is 1. The van der Waals surface area contributed by atoms with Crippen molar-refractivity contribution in [3.8, 4) is 0 Å². The first kappa shape index (κ1) is 23.8. The molecule has 1 atom stereocenters. The van der Waals surface area contributed by atoms with Gasteiger partial charge in [0.25, 0.3) is 0 Å². The number of likely N-dealkylation sites (N-methyl/N-ethyl adjacent to an activating group) is 1. The lowest BCUT2D eigenvalue weighted by Gasteiger charge is -2.29. The van der Waals surface area contributed by atoms with Crippen molar-refractivity contribution in [2.75, 3.05) is 7.05 Å². The quantitative estimate of drug-likeness (QED) is 0.338. The summed E-state index contributed by atoms with van der Waals surface area (Å²) < 4.78 is 29.3. The Morgan fingerprint density at radius 1 is 1.15 bits per heavy atom. The molecule has 1 unspecified atom stereocenters. The molecule has 1 fully saturated rings. The number of nitrogens with one attached hydrogen (secondary N) is 2. The highest BCUT2D eigenvalue weighted by atomic mass is 32.2. The monoisotopic (exact) mass is 479 g/mol. The largest absolute Gasteiger partial charge is 0.384 e. The Bertz CT molecular complexity index is 1300. The van der Waals surface area contributed by atoms with Crippen molar-refractivity contribution in [1.29, 1.82) is 5.41 Å². The number of nitrogens with two attached hydrogens (primary N) is 1. The van der Waals surface area contributed by atoms with E-state index in [-0.39, 0.29) is 29.1 Å².